The first-order chi connectivity index (χ1) is 8.08. The van der Waals surface area contributed by atoms with Gasteiger partial charge >= 0.3 is 5.97 Å². The summed E-state index contributed by atoms with van der Waals surface area (Å²) in [5.41, 5.74) is 6.16. The van der Waals surface area contributed by atoms with Crippen molar-refractivity contribution in [3.8, 4) is 0 Å². The summed E-state index contributed by atoms with van der Waals surface area (Å²) in [6.07, 6.45) is -0.936. The zero-order valence-electron chi connectivity index (χ0n) is 9.27. The maximum Gasteiger partial charge on any atom is 0.355 e. The highest BCUT2D eigenvalue weighted by Gasteiger charge is 2.17. The summed E-state index contributed by atoms with van der Waals surface area (Å²) < 4.78 is 4.88. The number of esters is 1. The van der Waals surface area contributed by atoms with E-state index in [2.05, 4.69) is 4.98 Å². The molecular formula is C12H12N2O3. The number of rotatable bonds is 3. The van der Waals surface area contributed by atoms with Crippen LogP contribution in [0.15, 0.2) is 30.3 Å². The molecule has 0 saturated carbocycles. The summed E-state index contributed by atoms with van der Waals surface area (Å²) in [6, 6.07) is 9.13. The fourth-order valence-corrected chi connectivity index (χ4v) is 1.47. The van der Waals surface area contributed by atoms with E-state index in [9.17, 15) is 9.59 Å². The zero-order valence-corrected chi connectivity index (χ0v) is 9.27. The van der Waals surface area contributed by atoms with E-state index in [-0.39, 0.29) is 0 Å². The van der Waals surface area contributed by atoms with Crippen LogP contribution < -0.4 is 5.73 Å². The molecule has 5 nitrogen and oxygen atoms in total. The number of carbonyl (C=O) groups is 2. The Morgan fingerprint density at radius 1 is 1.35 bits per heavy atom. The molecule has 3 N–H and O–H groups in total. The van der Waals surface area contributed by atoms with Gasteiger partial charge in [-0.25, -0.2) is 4.79 Å². The highest BCUT2D eigenvalue weighted by molar-refractivity contribution is 5.96. The van der Waals surface area contributed by atoms with Crippen LogP contribution in [0.5, 0.6) is 0 Å². The van der Waals surface area contributed by atoms with Crippen LogP contribution in [0.25, 0.3) is 10.9 Å². The molecule has 2 aromatic rings. The lowest BCUT2D eigenvalue weighted by Gasteiger charge is -2.07. The Labute approximate surface area is 97.6 Å². The smallest absolute Gasteiger partial charge is 0.355 e. The third kappa shape index (κ3) is 2.28. The van der Waals surface area contributed by atoms with E-state index in [1.165, 1.54) is 6.92 Å². The SMILES string of the molecule is CC(OC(=O)c1cc2ccccc2[nH]1)C(N)=O. The molecular weight excluding hydrogens is 220 g/mol. The number of para-hydroxylation sites is 1. The third-order valence-electron chi connectivity index (χ3n) is 2.43. The molecule has 0 aliphatic carbocycles. The van der Waals surface area contributed by atoms with Crippen molar-refractivity contribution >= 4 is 22.8 Å². The standard InChI is InChI=1S/C12H12N2O3/c1-7(11(13)15)17-12(16)10-6-8-4-2-3-5-9(8)14-10/h2-7,14H,1H3,(H2,13,15). The van der Waals surface area contributed by atoms with Crippen molar-refractivity contribution in [1.82, 2.24) is 4.98 Å². The summed E-state index contributed by atoms with van der Waals surface area (Å²) in [5, 5.41) is 0.908. The summed E-state index contributed by atoms with van der Waals surface area (Å²) in [5.74, 6) is -1.26. The predicted octanol–water partition coefficient (Wildman–Crippen LogP) is 1.20. The van der Waals surface area contributed by atoms with Gasteiger partial charge in [0.2, 0.25) is 0 Å². The maximum atomic E-state index is 11.7. The van der Waals surface area contributed by atoms with Crippen LogP contribution in [0.2, 0.25) is 0 Å². The second kappa shape index (κ2) is 4.29. The van der Waals surface area contributed by atoms with E-state index < -0.39 is 18.0 Å². The molecule has 17 heavy (non-hydrogen) atoms. The molecule has 1 unspecified atom stereocenters. The van der Waals surface area contributed by atoms with Gasteiger partial charge < -0.3 is 15.5 Å². The molecule has 0 radical (unpaired) electrons. The molecule has 0 fully saturated rings. The number of nitrogens with two attached hydrogens (primary N) is 1. The largest absolute Gasteiger partial charge is 0.448 e. The Bertz CT molecular complexity index is 541. The lowest BCUT2D eigenvalue weighted by Crippen LogP contribution is -2.30. The number of carbonyl (C=O) groups excluding carboxylic acids is 2. The van der Waals surface area contributed by atoms with Gasteiger partial charge in [-0.1, -0.05) is 18.2 Å². The van der Waals surface area contributed by atoms with E-state index >= 15 is 0 Å². The molecule has 0 saturated heterocycles. The van der Waals surface area contributed by atoms with Gasteiger partial charge in [-0.3, -0.25) is 4.79 Å². The Hall–Kier alpha value is -2.30. The molecule has 5 heteroatoms. The minimum atomic E-state index is -0.936. The highest BCUT2D eigenvalue weighted by Crippen LogP contribution is 2.15. The van der Waals surface area contributed by atoms with Crippen molar-refractivity contribution in [2.75, 3.05) is 0 Å². The number of benzene rings is 1. The van der Waals surface area contributed by atoms with Crippen molar-refractivity contribution in [3.63, 3.8) is 0 Å². The first-order valence-electron chi connectivity index (χ1n) is 5.16. The number of fused-ring (bicyclic) bond motifs is 1. The van der Waals surface area contributed by atoms with Gasteiger partial charge in [0.1, 0.15) is 5.69 Å². The summed E-state index contributed by atoms with van der Waals surface area (Å²) in [6.45, 7) is 1.43. The van der Waals surface area contributed by atoms with Crippen molar-refractivity contribution in [2.45, 2.75) is 13.0 Å². The fraction of sp³-hybridized carbons (Fsp3) is 0.167. The summed E-state index contributed by atoms with van der Waals surface area (Å²) in [4.78, 5) is 25.4. The lowest BCUT2D eigenvalue weighted by atomic mass is 10.2. The number of ether oxygens (including phenoxy) is 1. The van der Waals surface area contributed by atoms with Crippen LogP contribution in [-0.4, -0.2) is 23.0 Å². The van der Waals surface area contributed by atoms with E-state index in [0.717, 1.165) is 10.9 Å². The van der Waals surface area contributed by atoms with E-state index in [0.29, 0.717) is 5.69 Å². The molecule has 0 aliphatic heterocycles. The van der Waals surface area contributed by atoms with Crippen molar-refractivity contribution in [2.24, 2.45) is 5.73 Å². The average molecular weight is 232 g/mol. The summed E-state index contributed by atoms with van der Waals surface area (Å²) in [7, 11) is 0. The predicted molar refractivity (Wildman–Crippen MR) is 62.4 cm³/mol. The van der Waals surface area contributed by atoms with Crippen LogP contribution in [0.1, 0.15) is 17.4 Å². The molecule has 0 aliphatic rings. The monoisotopic (exact) mass is 232 g/mol. The third-order valence-corrected chi connectivity index (χ3v) is 2.43. The van der Waals surface area contributed by atoms with Gasteiger partial charge in [-0.2, -0.15) is 0 Å². The second-order valence-corrected chi connectivity index (χ2v) is 3.72. The molecule has 1 amide bonds. The van der Waals surface area contributed by atoms with Crippen LogP contribution in [0.4, 0.5) is 0 Å². The van der Waals surface area contributed by atoms with E-state index in [4.69, 9.17) is 10.5 Å². The topological polar surface area (TPSA) is 85.2 Å². The molecule has 0 spiro atoms. The van der Waals surface area contributed by atoms with Crippen LogP contribution in [-0.2, 0) is 9.53 Å². The fourth-order valence-electron chi connectivity index (χ4n) is 1.47. The van der Waals surface area contributed by atoms with Gasteiger partial charge in [0.25, 0.3) is 5.91 Å². The first-order valence-corrected chi connectivity index (χ1v) is 5.16. The van der Waals surface area contributed by atoms with Gasteiger partial charge in [-0.15, -0.1) is 0 Å². The Kier molecular flexibility index (Phi) is 2.82. The highest BCUT2D eigenvalue weighted by atomic mass is 16.5. The second-order valence-electron chi connectivity index (χ2n) is 3.72. The summed E-state index contributed by atoms with van der Waals surface area (Å²) >= 11 is 0. The van der Waals surface area contributed by atoms with Gasteiger partial charge in [0.05, 0.1) is 0 Å². The molecule has 1 atom stereocenters. The number of aromatic amines is 1. The van der Waals surface area contributed by atoms with Gasteiger partial charge in [0, 0.05) is 10.9 Å². The number of hydrogen-bond acceptors (Lipinski definition) is 3. The van der Waals surface area contributed by atoms with E-state index in [1.54, 1.807) is 6.07 Å². The van der Waals surface area contributed by atoms with Gasteiger partial charge in [-0.05, 0) is 19.1 Å². The van der Waals surface area contributed by atoms with Crippen molar-refractivity contribution in [1.29, 1.82) is 0 Å². The number of aromatic nitrogens is 1. The number of amides is 1. The Balaban J connectivity index is 2.22. The van der Waals surface area contributed by atoms with Crippen LogP contribution in [0, 0.1) is 0 Å². The Morgan fingerprint density at radius 3 is 2.71 bits per heavy atom. The van der Waals surface area contributed by atoms with E-state index in [1.807, 2.05) is 24.3 Å². The normalized spacial score (nSPS) is 12.3. The van der Waals surface area contributed by atoms with Crippen LogP contribution >= 0.6 is 0 Å². The number of primary amides is 1. The lowest BCUT2D eigenvalue weighted by molar-refractivity contribution is -0.125. The number of hydrogen-bond donors (Lipinski definition) is 2. The number of H-pyrrole nitrogens is 1. The molecule has 88 valence electrons. The quantitative estimate of drug-likeness (QED) is 0.779. The number of nitrogens with one attached hydrogen (secondary N) is 1. The molecule has 2 rings (SSSR count). The molecule has 1 aromatic heterocycles. The zero-order chi connectivity index (χ0) is 12.4. The van der Waals surface area contributed by atoms with Crippen molar-refractivity contribution < 1.29 is 14.3 Å². The van der Waals surface area contributed by atoms with Gasteiger partial charge in [0.15, 0.2) is 6.10 Å². The maximum absolute atomic E-state index is 11.7. The minimum absolute atomic E-state index is 0.305. The van der Waals surface area contributed by atoms with Crippen LogP contribution in [0.3, 0.4) is 0 Å². The average Bonchev–Trinajstić information content (AvgIpc) is 2.72. The molecule has 1 aromatic carbocycles. The molecule has 1 heterocycles. The minimum Gasteiger partial charge on any atom is -0.448 e. The first kappa shape index (κ1) is 11.2. The Morgan fingerprint density at radius 2 is 2.06 bits per heavy atom. The molecule has 0 bridgehead atoms. The van der Waals surface area contributed by atoms with Crippen molar-refractivity contribution in [3.05, 3.63) is 36.0 Å².